The van der Waals surface area contributed by atoms with Crippen molar-refractivity contribution in [2.45, 2.75) is 33.8 Å². The fraction of sp³-hybridized carbons (Fsp3) is 0.278. The summed E-state index contributed by atoms with van der Waals surface area (Å²) in [6.45, 7) is 8.23. The van der Waals surface area contributed by atoms with Crippen molar-refractivity contribution in [3.63, 3.8) is 0 Å². The molecule has 3 heteroatoms. The fourth-order valence-electron chi connectivity index (χ4n) is 2.42. The number of hydrogen-bond acceptors (Lipinski definition) is 2. The van der Waals surface area contributed by atoms with E-state index in [-0.39, 0.29) is 6.10 Å². The number of fused-ring (bicyclic) bond motifs is 1. The molecule has 0 amide bonds. The molecule has 21 heavy (non-hydrogen) atoms. The topological polar surface area (TPSA) is 37.9 Å². The Labute approximate surface area is 125 Å². The zero-order chi connectivity index (χ0) is 15.0. The highest BCUT2D eigenvalue weighted by molar-refractivity contribution is 5.75. The van der Waals surface area contributed by atoms with Gasteiger partial charge < -0.3 is 9.72 Å². The van der Waals surface area contributed by atoms with E-state index in [0.717, 1.165) is 28.2 Å². The first kappa shape index (κ1) is 13.7. The summed E-state index contributed by atoms with van der Waals surface area (Å²) < 4.78 is 6.08. The first-order valence-corrected chi connectivity index (χ1v) is 7.23. The zero-order valence-corrected chi connectivity index (χ0v) is 12.9. The predicted octanol–water partition coefficient (Wildman–Crippen LogP) is 4.63. The predicted molar refractivity (Wildman–Crippen MR) is 85.8 cm³/mol. The van der Waals surface area contributed by atoms with E-state index in [9.17, 15) is 0 Å². The summed E-state index contributed by atoms with van der Waals surface area (Å²) in [5, 5.41) is 0. The maximum Gasteiger partial charge on any atom is 0.153 e. The highest BCUT2D eigenvalue weighted by Gasteiger charge is 2.13. The van der Waals surface area contributed by atoms with E-state index in [1.54, 1.807) is 0 Å². The Kier molecular flexibility index (Phi) is 3.42. The molecule has 0 fully saturated rings. The standard InChI is InChI=1S/C18H20N2O/c1-11-6-8-15-16(9-11)20-18(19-15)14(4)21-17-10-12(2)5-7-13(17)3/h5-10,14H,1-4H3,(H,19,20)/t14-/m0/s1. The lowest BCUT2D eigenvalue weighted by Gasteiger charge is -2.15. The molecular formula is C18H20N2O. The van der Waals surface area contributed by atoms with Crippen molar-refractivity contribution in [1.29, 1.82) is 0 Å². The number of rotatable bonds is 3. The monoisotopic (exact) mass is 280 g/mol. The van der Waals surface area contributed by atoms with Crippen LogP contribution < -0.4 is 4.74 Å². The average molecular weight is 280 g/mol. The number of nitrogens with one attached hydrogen (secondary N) is 1. The second-order valence-electron chi connectivity index (χ2n) is 5.67. The van der Waals surface area contributed by atoms with Gasteiger partial charge in [0.2, 0.25) is 0 Å². The van der Waals surface area contributed by atoms with Crippen LogP contribution in [0.25, 0.3) is 11.0 Å². The summed E-state index contributed by atoms with van der Waals surface area (Å²) in [5.74, 6) is 1.77. The fourth-order valence-corrected chi connectivity index (χ4v) is 2.42. The van der Waals surface area contributed by atoms with Crippen molar-refractivity contribution in [2.75, 3.05) is 0 Å². The van der Waals surface area contributed by atoms with Gasteiger partial charge in [0.1, 0.15) is 11.6 Å². The Balaban J connectivity index is 1.89. The number of nitrogens with zero attached hydrogens (tertiary/aromatic N) is 1. The van der Waals surface area contributed by atoms with Gasteiger partial charge in [-0.2, -0.15) is 0 Å². The van der Waals surface area contributed by atoms with Gasteiger partial charge in [0.15, 0.2) is 6.10 Å². The summed E-state index contributed by atoms with van der Waals surface area (Å²) in [6.07, 6.45) is -0.113. The van der Waals surface area contributed by atoms with Gasteiger partial charge in [-0.25, -0.2) is 4.98 Å². The maximum absolute atomic E-state index is 6.08. The van der Waals surface area contributed by atoms with Crippen molar-refractivity contribution < 1.29 is 4.74 Å². The molecule has 1 heterocycles. The Bertz CT molecular complexity index is 789. The van der Waals surface area contributed by atoms with E-state index in [4.69, 9.17) is 4.74 Å². The highest BCUT2D eigenvalue weighted by atomic mass is 16.5. The molecule has 108 valence electrons. The van der Waals surface area contributed by atoms with Crippen LogP contribution in [0.3, 0.4) is 0 Å². The molecule has 1 atom stereocenters. The van der Waals surface area contributed by atoms with Crippen LogP contribution in [0.15, 0.2) is 36.4 Å². The number of aromatic nitrogens is 2. The molecule has 0 unspecified atom stereocenters. The molecule has 2 aromatic carbocycles. The number of imidazole rings is 1. The third kappa shape index (κ3) is 2.77. The summed E-state index contributed by atoms with van der Waals surface area (Å²) >= 11 is 0. The lowest BCUT2D eigenvalue weighted by molar-refractivity contribution is 0.216. The molecule has 0 saturated carbocycles. The molecular weight excluding hydrogens is 260 g/mol. The second kappa shape index (κ2) is 5.24. The van der Waals surface area contributed by atoms with Gasteiger partial charge in [-0.1, -0.05) is 18.2 Å². The number of H-pyrrole nitrogens is 1. The molecule has 3 rings (SSSR count). The van der Waals surface area contributed by atoms with Crippen LogP contribution >= 0.6 is 0 Å². The summed E-state index contributed by atoms with van der Waals surface area (Å²) in [7, 11) is 0. The van der Waals surface area contributed by atoms with Crippen LogP contribution in [0.5, 0.6) is 5.75 Å². The molecule has 0 saturated heterocycles. The number of benzene rings is 2. The minimum Gasteiger partial charge on any atom is -0.483 e. The van der Waals surface area contributed by atoms with Gasteiger partial charge in [0.25, 0.3) is 0 Å². The van der Waals surface area contributed by atoms with E-state index in [1.807, 2.05) is 13.0 Å². The Morgan fingerprint density at radius 3 is 2.52 bits per heavy atom. The molecule has 1 N–H and O–H groups in total. The van der Waals surface area contributed by atoms with E-state index >= 15 is 0 Å². The number of aryl methyl sites for hydroxylation is 3. The van der Waals surface area contributed by atoms with Crippen LogP contribution in [-0.2, 0) is 0 Å². The van der Waals surface area contributed by atoms with Crippen LogP contribution in [0.4, 0.5) is 0 Å². The number of hydrogen-bond donors (Lipinski definition) is 1. The smallest absolute Gasteiger partial charge is 0.153 e. The summed E-state index contributed by atoms with van der Waals surface area (Å²) in [5.41, 5.74) is 5.59. The molecule has 0 aliphatic rings. The minimum atomic E-state index is -0.113. The Hall–Kier alpha value is -2.29. The molecule has 0 aliphatic heterocycles. The normalized spacial score (nSPS) is 12.6. The quantitative estimate of drug-likeness (QED) is 0.759. The lowest BCUT2D eigenvalue weighted by Crippen LogP contribution is -2.06. The van der Waals surface area contributed by atoms with Gasteiger partial charge in [0.05, 0.1) is 11.0 Å². The molecule has 3 aromatic rings. The third-order valence-corrected chi connectivity index (χ3v) is 3.69. The first-order chi connectivity index (χ1) is 10.0. The van der Waals surface area contributed by atoms with Gasteiger partial charge in [-0.15, -0.1) is 0 Å². The van der Waals surface area contributed by atoms with Gasteiger partial charge in [0, 0.05) is 0 Å². The number of ether oxygens (including phenoxy) is 1. The molecule has 0 radical (unpaired) electrons. The Morgan fingerprint density at radius 1 is 1.00 bits per heavy atom. The van der Waals surface area contributed by atoms with Gasteiger partial charge in [-0.05, 0) is 62.6 Å². The van der Waals surface area contributed by atoms with Crippen LogP contribution in [0, 0.1) is 20.8 Å². The highest BCUT2D eigenvalue weighted by Crippen LogP contribution is 2.26. The lowest BCUT2D eigenvalue weighted by atomic mass is 10.1. The molecule has 3 nitrogen and oxygen atoms in total. The maximum atomic E-state index is 6.08. The minimum absolute atomic E-state index is 0.113. The van der Waals surface area contributed by atoms with Crippen LogP contribution in [0.2, 0.25) is 0 Å². The van der Waals surface area contributed by atoms with Crippen LogP contribution in [0.1, 0.15) is 35.5 Å². The molecule has 1 aromatic heterocycles. The summed E-state index contributed by atoms with van der Waals surface area (Å²) in [6, 6.07) is 12.5. The molecule has 0 aliphatic carbocycles. The molecule has 0 spiro atoms. The zero-order valence-electron chi connectivity index (χ0n) is 12.9. The number of aromatic amines is 1. The van der Waals surface area contributed by atoms with E-state index < -0.39 is 0 Å². The average Bonchev–Trinajstić information content (AvgIpc) is 2.86. The Morgan fingerprint density at radius 2 is 1.71 bits per heavy atom. The van der Waals surface area contributed by atoms with Gasteiger partial charge in [-0.3, -0.25) is 0 Å². The third-order valence-electron chi connectivity index (χ3n) is 3.69. The van der Waals surface area contributed by atoms with Crippen molar-refractivity contribution >= 4 is 11.0 Å². The first-order valence-electron chi connectivity index (χ1n) is 7.23. The van der Waals surface area contributed by atoms with E-state index in [0.29, 0.717) is 0 Å². The van der Waals surface area contributed by atoms with E-state index in [1.165, 1.54) is 11.1 Å². The largest absolute Gasteiger partial charge is 0.483 e. The van der Waals surface area contributed by atoms with Crippen LogP contribution in [-0.4, -0.2) is 9.97 Å². The van der Waals surface area contributed by atoms with Crippen molar-refractivity contribution in [2.24, 2.45) is 0 Å². The summed E-state index contributed by atoms with van der Waals surface area (Å²) in [4.78, 5) is 7.98. The second-order valence-corrected chi connectivity index (χ2v) is 5.67. The van der Waals surface area contributed by atoms with Crippen molar-refractivity contribution in [3.05, 3.63) is 58.9 Å². The van der Waals surface area contributed by atoms with Crippen molar-refractivity contribution in [3.8, 4) is 5.75 Å². The van der Waals surface area contributed by atoms with Gasteiger partial charge >= 0.3 is 0 Å². The van der Waals surface area contributed by atoms with Crippen molar-refractivity contribution in [1.82, 2.24) is 9.97 Å². The van der Waals surface area contributed by atoms with E-state index in [2.05, 4.69) is 61.1 Å². The molecule has 0 bridgehead atoms. The SMILES string of the molecule is Cc1ccc(C)c(O[C@@H](C)c2nc3ccc(C)cc3[nH]2)c1.